The maximum Gasteiger partial charge on any atom is 0.377 e. The van der Waals surface area contributed by atoms with Crippen LogP contribution in [-0.2, 0) is 33.4 Å². The summed E-state index contributed by atoms with van der Waals surface area (Å²) >= 11 is 0. The Hall–Kier alpha value is -5.12. The van der Waals surface area contributed by atoms with Crippen molar-refractivity contribution in [2.45, 2.75) is 38.3 Å². The summed E-state index contributed by atoms with van der Waals surface area (Å²) in [7, 11) is 0. The molecule has 0 saturated carbocycles. The minimum atomic E-state index is -2.56. The van der Waals surface area contributed by atoms with E-state index in [4.69, 9.17) is 20.4 Å². The van der Waals surface area contributed by atoms with Crippen LogP contribution in [0.15, 0.2) is 58.5 Å². The van der Waals surface area contributed by atoms with Crippen molar-refractivity contribution in [3.8, 4) is 0 Å². The van der Waals surface area contributed by atoms with E-state index in [2.05, 4.69) is 24.2 Å². The van der Waals surface area contributed by atoms with Gasteiger partial charge in [-0.25, -0.2) is 28.8 Å². The fraction of sp³-hybridized carbons (Fsp3) is 0.357. The molecule has 17 heteroatoms. The van der Waals surface area contributed by atoms with Gasteiger partial charge in [-0.3, -0.25) is 0 Å². The minimum absolute atomic E-state index is 0.0259. The molecule has 0 radical (unpaired) electrons. The number of ether oxygens (including phenoxy) is 3. The molecule has 0 aliphatic heterocycles. The van der Waals surface area contributed by atoms with Crippen LogP contribution in [0.25, 0.3) is 0 Å². The van der Waals surface area contributed by atoms with Crippen LogP contribution in [0.3, 0.4) is 0 Å². The number of hydrogen-bond acceptors (Lipinski definition) is 15. The molecule has 2 rings (SSSR count). The van der Waals surface area contributed by atoms with Gasteiger partial charge < -0.3 is 44.8 Å². The molecule has 2 aromatic rings. The van der Waals surface area contributed by atoms with Crippen molar-refractivity contribution in [1.29, 1.82) is 0 Å². The van der Waals surface area contributed by atoms with Crippen molar-refractivity contribution in [2.75, 3.05) is 26.4 Å². The zero-order valence-electron chi connectivity index (χ0n) is 24.1. The lowest BCUT2D eigenvalue weighted by molar-refractivity contribution is -0.204. The van der Waals surface area contributed by atoms with E-state index in [9.17, 15) is 39.0 Å². The molecule has 0 aliphatic rings. The lowest BCUT2D eigenvalue weighted by Gasteiger charge is -2.21. The fourth-order valence-electron chi connectivity index (χ4n) is 2.64. The monoisotopic (exact) mass is 636 g/mol. The van der Waals surface area contributed by atoms with Crippen LogP contribution < -0.4 is 0 Å². The predicted octanol–water partition coefficient (Wildman–Crippen LogP) is 0.975. The molecule has 0 aliphatic carbocycles. The molecule has 45 heavy (non-hydrogen) atoms. The summed E-state index contributed by atoms with van der Waals surface area (Å²) in [6, 6.07) is 10.6. The molecule has 2 aromatic carbocycles. The highest BCUT2D eigenvalue weighted by Gasteiger charge is 2.39. The highest BCUT2D eigenvalue weighted by atomic mass is 16.7. The van der Waals surface area contributed by atoms with Crippen LogP contribution >= 0.6 is 0 Å². The number of carbonyl (C=O) groups is 4. The Bertz CT molecular complexity index is 1250. The fourth-order valence-corrected chi connectivity index (χ4v) is 2.64. The van der Waals surface area contributed by atoms with E-state index in [0.717, 1.165) is 0 Å². The smallest absolute Gasteiger partial charge is 0.377 e. The lowest BCUT2D eigenvalue weighted by Crippen LogP contribution is -2.42. The summed E-state index contributed by atoms with van der Waals surface area (Å²) in [5.74, 6) is -10.4. The normalized spacial score (nSPS) is 12.4. The number of aliphatic carboxylic acids is 2. The Morgan fingerprint density at radius 3 is 1.20 bits per heavy atom. The first-order valence-electron chi connectivity index (χ1n) is 12.8. The van der Waals surface area contributed by atoms with Gasteiger partial charge in [-0.2, -0.15) is 9.98 Å². The maximum atomic E-state index is 11.6. The molecule has 2 atom stereocenters. The van der Waals surface area contributed by atoms with Gasteiger partial charge in [-0.05, 0) is 48.5 Å². The minimum Gasteiger partial charge on any atom is -0.476 e. The molecule has 0 heterocycles. The first kappa shape index (κ1) is 39.9. The predicted molar refractivity (Wildman–Crippen MR) is 150 cm³/mol. The Balaban J connectivity index is 0.000000713. The topological polar surface area (TPSA) is 276 Å². The van der Waals surface area contributed by atoms with E-state index >= 15 is 0 Å². The SMILES string of the molecule is CCC(O)(OC(=O)c1ccc(N=C=O)cc1)C(=O)O.CCC(O)(OC(=O)c1ccc(N=C=O)cc1)C(=O)O.OCCOCCO. The van der Waals surface area contributed by atoms with Gasteiger partial charge >= 0.3 is 35.5 Å². The zero-order valence-corrected chi connectivity index (χ0v) is 24.1. The van der Waals surface area contributed by atoms with Crippen LogP contribution in [0.2, 0.25) is 0 Å². The van der Waals surface area contributed by atoms with Crippen molar-refractivity contribution < 1.29 is 73.6 Å². The Labute approximate surface area is 255 Å². The number of hydrogen-bond donors (Lipinski definition) is 6. The number of esters is 2. The zero-order chi connectivity index (χ0) is 34.5. The van der Waals surface area contributed by atoms with E-state index in [1.54, 1.807) is 0 Å². The average Bonchev–Trinajstić information content (AvgIpc) is 3.02. The number of carboxylic acid groups (broad SMARTS) is 2. The number of aliphatic imine (C=N–C) groups is 2. The quantitative estimate of drug-likeness (QED) is 0.0554. The van der Waals surface area contributed by atoms with Gasteiger partial charge in [0.2, 0.25) is 12.2 Å². The van der Waals surface area contributed by atoms with Crippen LogP contribution in [-0.4, -0.2) is 105 Å². The van der Waals surface area contributed by atoms with E-state index in [-0.39, 0.29) is 48.6 Å². The molecule has 0 bridgehead atoms. The molecule has 2 unspecified atom stereocenters. The number of carbonyl (C=O) groups excluding carboxylic acids is 4. The lowest BCUT2D eigenvalue weighted by atomic mass is 10.2. The molecule has 0 saturated heterocycles. The van der Waals surface area contributed by atoms with Crippen molar-refractivity contribution in [3.63, 3.8) is 0 Å². The van der Waals surface area contributed by atoms with Gasteiger partial charge in [0.05, 0.1) is 48.9 Å². The van der Waals surface area contributed by atoms with E-state index in [1.165, 1.54) is 74.5 Å². The van der Waals surface area contributed by atoms with Crippen LogP contribution in [0.5, 0.6) is 0 Å². The Morgan fingerprint density at radius 1 is 0.667 bits per heavy atom. The van der Waals surface area contributed by atoms with Gasteiger partial charge in [0.1, 0.15) is 0 Å². The van der Waals surface area contributed by atoms with Gasteiger partial charge in [0.25, 0.3) is 0 Å². The second-order valence-corrected chi connectivity index (χ2v) is 8.22. The Morgan fingerprint density at radius 2 is 0.978 bits per heavy atom. The molecule has 17 nitrogen and oxygen atoms in total. The molecule has 6 N–H and O–H groups in total. The first-order chi connectivity index (χ1) is 21.3. The highest BCUT2D eigenvalue weighted by molar-refractivity contribution is 5.93. The van der Waals surface area contributed by atoms with Crippen molar-refractivity contribution in [3.05, 3.63) is 59.7 Å². The van der Waals surface area contributed by atoms with E-state index < -0.39 is 35.5 Å². The molecular weight excluding hydrogens is 604 g/mol. The third-order valence-corrected chi connectivity index (χ3v) is 5.18. The van der Waals surface area contributed by atoms with Crippen molar-refractivity contribution in [1.82, 2.24) is 0 Å². The van der Waals surface area contributed by atoms with Crippen molar-refractivity contribution in [2.24, 2.45) is 9.98 Å². The molecule has 0 amide bonds. The number of nitrogens with zero attached hydrogens (tertiary/aromatic N) is 2. The van der Waals surface area contributed by atoms with Gasteiger partial charge in [0, 0.05) is 12.8 Å². The summed E-state index contributed by atoms with van der Waals surface area (Å²) in [5, 5.41) is 52.8. The molecule has 244 valence electrons. The number of benzene rings is 2. The second kappa shape index (κ2) is 20.7. The number of aliphatic hydroxyl groups is 4. The van der Waals surface area contributed by atoms with Gasteiger partial charge in [-0.15, -0.1) is 0 Å². The summed E-state index contributed by atoms with van der Waals surface area (Å²) in [6.45, 7) is 3.42. The second-order valence-electron chi connectivity index (χ2n) is 8.22. The highest BCUT2D eigenvalue weighted by Crippen LogP contribution is 2.19. The number of carboxylic acids is 2. The summed E-state index contributed by atoms with van der Waals surface area (Å²) < 4.78 is 13.7. The van der Waals surface area contributed by atoms with Crippen LogP contribution in [0.4, 0.5) is 11.4 Å². The third-order valence-electron chi connectivity index (χ3n) is 5.18. The molecular formula is C28H32N2O15. The maximum absolute atomic E-state index is 11.6. The molecule has 0 spiro atoms. The summed E-state index contributed by atoms with van der Waals surface area (Å²) in [5.41, 5.74) is 0.627. The molecule has 0 aromatic heterocycles. The van der Waals surface area contributed by atoms with Gasteiger partial charge in [-0.1, -0.05) is 13.8 Å². The number of rotatable bonds is 14. The summed E-state index contributed by atoms with van der Waals surface area (Å²) in [4.78, 5) is 71.5. The average molecular weight is 637 g/mol. The Kier molecular flexibility index (Phi) is 18.4. The third kappa shape index (κ3) is 14.3. The van der Waals surface area contributed by atoms with Crippen molar-refractivity contribution >= 4 is 47.4 Å². The summed E-state index contributed by atoms with van der Waals surface area (Å²) in [6.07, 6.45) is 2.09. The number of isocyanates is 2. The standard InChI is InChI=1S/2C12H11NO6.C4H10O3/c2*1-2-12(18,11(16)17)19-10(15)8-3-5-9(6-4-8)13-7-14;5-1-3-7-4-2-6/h2*3-6,18H,2H2,1H3,(H,16,17);5-6H,1-4H2. The van der Waals surface area contributed by atoms with Crippen LogP contribution in [0.1, 0.15) is 47.4 Å². The van der Waals surface area contributed by atoms with E-state index in [1.807, 2.05) is 0 Å². The first-order valence-corrected chi connectivity index (χ1v) is 12.8. The van der Waals surface area contributed by atoms with E-state index in [0.29, 0.717) is 13.2 Å². The number of aliphatic hydroxyl groups excluding tert-OH is 2. The largest absolute Gasteiger partial charge is 0.476 e. The van der Waals surface area contributed by atoms with Crippen LogP contribution in [0, 0.1) is 0 Å². The molecule has 0 fully saturated rings. The van der Waals surface area contributed by atoms with Gasteiger partial charge in [0.15, 0.2) is 0 Å².